The average molecular weight is 277 g/mol. The highest BCUT2D eigenvalue weighted by Gasteiger charge is 2.33. The molecule has 0 bridgehead atoms. The van der Waals surface area contributed by atoms with Gasteiger partial charge in [0.15, 0.2) is 0 Å². The molecule has 106 valence electrons. The highest BCUT2D eigenvalue weighted by atomic mass is 32.2. The first kappa shape index (κ1) is 14.9. The molecule has 1 nitrogen and oxygen atoms in total. The van der Waals surface area contributed by atoms with E-state index < -0.39 is 0 Å². The summed E-state index contributed by atoms with van der Waals surface area (Å²) in [6.45, 7) is 7.79. The van der Waals surface area contributed by atoms with Gasteiger partial charge in [-0.05, 0) is 43.2 Å². The minimum atomic E-state index is 0.330. The van der Waals surface area contributed by atoms with Gasteiger partial charge in [0, 0.05) is 10.00 Å². The van der Waals surface area contributed by atoms with Crippen LogP contribution < -0.4 is 5.73 Å². The van der Waals surface area contributed by atoms with Gasteiger partial charge in [0.25, 0.3) is 0 Å². The molecule has 19 heavy (non-hydrogen) atoms. The summed E-state index contributed by atoms with van der Waals surface area (Å²) in [6.07, 6.45) is 3.87. The summed E-state index contributed by atoms with van der Waals surface area (Å²) in [6, 6.07) is 11.0. The van der Waals surface area contributed by atoms with Crippen molar-refractivity contribution in [2.24, 2.45) is 11.7 Å². The second-order valence-corrected chi connectivity index (χ2v) is 8.75. The van der Waals surface area contributed by atoms with Crippen molar-refractivity contribution in [3.63, 3.8) is 0 Å². The number of nitrogens with two attached hydrogens (primary N) is 1. The number of hydrogen-bond donors (Lipinski definition) is 1. The zero-order valence-electron chi connectivity index (χ0n) is 12.4. The van der Waals surface area contributed by atoms with Crippen molar-refractivity contribution in [3.05, 3.63) is 35.9 Å². The van der Waals surface area contributed by atoms with E-state index in [0.717, 1.165) is 12.5 Å². The van der Waals surface area contributed by atoms with Gasteiger partial charge in [-0.1, -0.05) is 51.1 Å². The van der Waals surface area contributed by atoms with Crippen LogP contribution in [0, 0.1) is 5.92 Å². The van der Waals surface area contributed by atoms with E-state index >= 15 is 0 Å². The van der Waals surface area contributed by atoms with Gasteiger partial charge in [-0.3, -0.25) is 0 Å². The number of thioether (sulfide) groups is 1. The van der Waals surface area contributed by atoms with Gasteiger partial charge < -0.3 is 5.73 Å². The maximum absolute atomic E-state index is 5.98. The number of hydrogen-bond acceptors (Lipinski definition) is 2. The van der Waals surface area contributed by atoms with Crippen molar-refractivity contribution >= 4 is 11.8 Å². The molecule has 2 N–H and O–H groups in total. The SMILES string of the molecule is CC(C)(C)SC1CC(c2ccccc2)CCC1CN. The lowest BCUT2D eigenvalue weighted by Gasteiger charge is -2.38. The first-order valence-corrected chi connectivity index (χ1v) is 8.30. The van der Waals surface area contributed by atoms with Crippen molar-refractivity contribution in [3.8, 4) is 0 Å². The number of rotatable bonds is 3. The molecule has 0 amide bonds. The largest absolute Gasteiger partial charge is 0.330 e. The van der Waals surface area contributed by atoms with E-state index in [1.54, 1.807) is 0 Å². The molecule has 0 heterocycles. The lowest BCUT2D eigenvalue weighted by Crippen LogP contribution is -2.34. The Morgan fingerprint density at radius 3 is 2.42 bits per heavy atom. The molecule has 2 heteroatoms. The van der Waals surface area contributed by atoms with Crippen LogP contribution in [0.3, 0.4) is 0 Å². The zero-order valence-corrected chi connectivity index (χ0v) is 13.2. The lowest BCUT2D eigenvalue weighted by atomic mass is 9.78. The van der Waals surface area contributed by atoms with Crippen molar-refractivity contribution in [1.29, 1.82) is 0 Å². The third-order valence-corrected chi connectivity index (χ3v) is 5.59. The second kappa shape index (κ2) is 6.32. The molecule has 0 aliphatic heterocycles. The quantitative estimate of drug-likeness (QED) is 0.884. The van der Waals surface area contributed by atoms with Gasteiger partial charge >= 0.3 is 0 Å². The second-order valence-electron chi connectivity index (χ2n) is 6.69. The summed E-state index contributed by atoms with van der Waals surface area (Å²) in [4.78, 5) is 0. The van der Waals surface area contributed by atoms with Gasteiger partial charge in [0.1, 0.15) is 0 Å². The fourth-order valence-corrected chi connectivity index (χ4v) is 4.76. The molecule has 3 atom stereocenters. The fraction of sp³-hybridized carbons (Fsp3) is 0.647. The van der Waals surface area contributed by atoms with Gasteiger partial charge in [-0.25, -0.2) is 0 Å². The highest BCUT2D eigenvalue weighted by molar-refractivity contribution is 8.01. The molecule has 0 saturated heterocycles. The summed E-state index contributed by atoms with van der Waals surface area (Å²) in [5.41, 5.74) is 7.49. The zero-order chi connectivity index (χ0) is 13.9. The standard InChI is InChI=1S/C17H27NS/c1-17(2,3)19-16-11-14(9-10-15(16)12-18)13-7-5-4-6-8-13/h4-8,14-16H,9-12,18H2,1-3H3. The molecular weight excluding hydrogens is 250 g/mol. The molecule has 1 aromatic carbocycles. The topological polar surface area (TPSA) is 26.0 Å². The fourth-order valence-electron chi connectivity index (χ4n) is 3.09. The highest BCUT2D eigenvalue weighted by Crippen LogP contribution is 2.44. The summed E-state index contributed by atoms with van der Waals surface area (Å²) < 4.78 is 0.330. The third kappa shape index (κ3) is 4.25. The van der Waals surface area contributed by atoms with E-state index in [0.29, 0.717) is 15.9 Å². The normalized spacial score (nSPS) is 28.3. The first-order valence-electron chi connectivity index (χ1n) is 7.42. The molecule has 0 aromatic heterocycles. The molecule has 1 fully saturated rings. The molecule has 2 rings (SSSR count). The van der Waals surface area contributed by atoms with Crippen LogP contribution in [0.2, 0.25) is 0 Å². The van der Waals surface area contributed by atoms with Gasteiger partial charge in [-0.15, -0.1) is 0 Å². The maximum atomic E-state index is 5.98. The van der Waals surface area contributed by atoms with Crippen LogP contribution in [0.25, 0.3) is 0 Å². The van der Waals surface area contributed by atoms with E-state index in [4.69, 9.17) is 5.73 Å². The molecule has 0 radical (unpaired) electrons. The minimum absolute atomic E-state index is 0.330. The average Bonchev–Trinajstić information content (AvgIpc) is 2.38. The maximum Gasteiger partial charge on any atom is 0.00984 e. The van der Waals surface area contributed by atoms with Crippen LogP contribution >= 0.6 is 11.8 Å². The van der Waals surface area contributed by atoms with Crippen LogP contribution in [-0.2, 0) is 0 Å². The Morgan fingerprint density at radius 1 is 1.16 bits per heavy atom. The van der Waals surface area contributed by atoms with Crippen molar-refractivity contribution in [1.82, 2.24) is 0 Å². The Bertz CT molecular complexity index is 382. The van der Waals surface area contributed by atoms with E-state index in [1.165, 1.54) is 24.8 Å². The smallest absolute Gasteiger partial charge is 0.00984 e. The van der Waals surface area contributed by atoms with E-state index in [9.17, 15) is 0 Å². The predicted molar refractivity (Wildman–Crippen MR) is 86.7 cm³/mol. The predicted octanol–water partition coefficient (Wildman–Crippen LogP) is 4.43. The van der Waals surface area contributed by atoms with Crippen LogP contribution in [0.4, 0.5) is 0 Å². The minimum Gasteiger partial charge on any atom is -0.330 e. The summed E-state index contributed by atoms with van der Waals surface area (Å²) >= 11 is 2.13. The van der Waals surface area contributed by atoms with E-state index in [2.05, 4.69) is 62.9 Å². The number of benzene rings is 1. The third-order valence-electron chi connectivity index (χ3n) is 4.01. The Morgan fingerprint density at radius 2 is 1.84 bits per heavy atom. The van der Waals surface area contributed by atoms with Gasteiger partial charge in [0.2, 0.25) is 0 Å². The van der Waals surface area contributed by atoms with Gasteiger partial charge in [0.05, 0.1) is 0 Å². The Hall–Kier alpha value is -0.470. The van der Waals surface area contributed by atoms with Crippen LogP contribution in [0.15, 0.2) is 30.3 Å². The Labute approximate surface area is 122 Å². The molecule has 1 aliphatic rings. The monoisotopic (exact) mass is 277 g/mol. The molecule has 1 aliphatic carbocycles. The summed E-state index contributed by atoms with van der Waals surface area (Å²) in [5.74, 6) is 1.42. The lowest BCUT2D eigenvalue weighted by molar-refractivity contribution is 0.342. The summed E-state index contributed by atoms with van der Waals surface area (Å²) in [7, 11) is 0. The Balaban J connectivity index is 2.07. The Kier molecular flexibility index (Phi) is 4.97. The molecular formula is C17H27NS. The van der Waals surface area contributed by atoms with Crippen LogP contribution in [-0.4, -0.2) is 16.5 Å². The van der Waals surface area contributed by atoms with E-state index in [-0.39, 0.29) is 0 Å². The molecule has 1 aromatic rings. The molecule has 3 unspecified atom stereocenters. The van der Waals surface area contributed by atoms with Crippen LogP contribution in [0.1, 0.15) is 51.5 Å². The van der Waals surface area contributed by atoms with Crippen LogP contribution in [0.5, 0.6) is 0 Å². The van der Waals surface area contributed by atoms with Crippen molar-refractivity contribution in [2.75, 3.05) is 6.54 Å². The molecule has 1 saturated carbocycles. The van der Waals surface area contributed by atoms with Crippen molar-refractivity contribution in [2.45, 2.75) is 55.9 Å². The van der Waals surface area contributed by atoms with Gasteiger partial charge in [-0.2, -0.15) is 11.8 Å². The van der Waals surface area contributed by atoms with Crippen molar-refractivity contribution < 1.29 is 0 Å². The summed E-state index contributed by atoms with van der Waals surface area (Å²) in [5, 5.41) is 0.712. The van der Waals surface area contributed by atoms with E-state index in [1.807, 2.05) is 0 Å². The molecule has 0 spiro atoms. The first-order chi connectivity index (χ1) is 8.99.